The maximum absolute atomic E-state index is 13.2. The average Bonchev–Trinajstić information content (AvgIpc) is 3.63. The van der Waals surface area contributed by atoms with E-state index < -0.39 is 6.04 Å². The summed E-state index contributed by atoms with van der Waals surface area (Å²) in [4.78, 5) is 32.3. The molecule has 2 aliphatic carbocycles. The van der Waals surface area contributed by atoms with Gasteiger partial charge in [0.15, 0.2) is 0 Å². The molecule has 2 aliphatic rings. The molecule has 4 atom stereocenters. The number of pyridine rings is 1. The van der Waals surface area contributed by atoms with Crippen molar-refractivity contribution in [2.75, 3.05) is 5.32 Å². The number of thiophene rings is 1. The highest BCUT2D eigenvalue weighted by atomic mass is 35.5. The van der Waals surface area contributed by atoms with Crippen molar-refractivity contribution in [2.24, 2.45) is 11.8 Å². The van der Waals surface area contributed by atoms with Gasteiger partial charge in [-0.05, 0) is 63.6 Å². The van der Waals surface area contributed by atoms with Gasteiger partial charge in [0.05, 0.1) is 33.4 Å². The van der Waals surface area contributed by atoms with E-state index in [4.69, 9.17) is 11.6 Å². The van der Waals surface area contributed by atoms with E-state index >= 15 is 0 Å². The van der Waals surface area contributed by atoms with Gasteiger partial charge >= 0.3 is 0 Å². The number of aryl methyl sites for hydroxylation is 1. The summed E-state index contributed by atoms with van der Waals surface area (Å²) in [5, 5.41) is 19.3. The van der Waals surface area contributed by atoms with Crippen LogP contribution in [0.1, 0.15) is 84.6 Å². The number of aromatic nitrogens is 1. The number of anilines is 1. The highest BCUT2D eigenvalue weighted by molar-refractivity contribution is 7.14. The Balaban J connectivity index is 1.40. The molecule has 2 aromatic heterocycles. The first-order chi connectivity index (χ1) is 17.3. The van der Waals surface area contributed by atoms with E-state index in [1.807, 2.05) is 32.0 Å². The Labute approximate surface area is 222 Å². The van der Waals surface area contributed by atoms with Crippen LogP contribution >= 0.6 is 22.9 Å². The summed E-state index contributed by atoms with van der Waals surface area (Å²) in [7, 11) is 0. The molecule has 9 heteroatoms. The second kappa shape index (κ2) is 12.1. The van der Waals surface area contributed by atoms with E-state index in [9.17, 15) is 14.9 Å². The fourth-order valence-electron chi connectivity index (χ4n) is 5.24. The Morgan fingerprint density at radius 3 is 2.75 bits per heavy atom. The minimum absolute atomic E-state index is 0.00444. The van der Waals surface area contributed by atoms with Gasteiger partial charge < -0.3 is 16.0 Å². The Kier molecular flexibility index (Phi) is 8.86. The summed E-state index contributed by atoms with van der Waals surface area (Å²) in [6.07, 6.45) is 9.15. The Morgan fingerprint density at radius 1 is 1.25 bits per heavy atom. The zero-order valence-corrected chi connectivity index (χ0v) is 22.4. The van der Waals surface area contributed by atoms with Gasteiger partial charge in [-0.3, -0.25) is 14.6 Å². The highest BCUT2D eigenvalue weighted by Crippen LogP contribution is 2.31. The molecule has 0 bridgehead atoms. The molecule has 0 aromatic carbocycles. The van der Waals surface area contributed by atoms with Crippen LogP contribution in [-0.4, -0.2) is 28.9 Å². The van der Waals surface area contributed by atoms with Crippen molar-refractivity contribution in [3.05, 3.63) is 44.9 Å². The predicted octanol–water partition coefficient (Wildman–Crippen LogP) is 5.77. The van der Waals surface area contributed by atoms with Crippen molar-refractivity contribution in [3.63, 3.8) is 0 Å². The van der Waals surface area contributed by atoms with E-state index in [0.717, 1.165) is 41.9 Å². The van der Waals surface area contributed by atoms with Gasteiger partial charge in [-0.15, -0.1) is 11.3 Å². The average molecular weight is 528 g/mol. The van der Waals surface area contributed by atoms with E-state index in [-0.39, 0.29) is 29.8 Å². The van der Waals surface area contributed by atoms with Crippen molar-refractivity contribution in [1.29, 1.82) is 5.26 Å². The lowest BCUT2D eigenvalue weighted by molar-refractivity contribution is -0.124. The number of rotatable bonds is 9. The van der Waals surface area contributed by atoms with Crippen molar-refractivity contribution < 1.29 is 9.59 Å². The summed E-state index contributed by atoms with van der Waals surface area (Å²) in [6.45, 7) is 3.95. The summed E-state index contributed by atoms with van der Waals surface area (Å²) >= 11 is 7.51. The fourth-order valence-corrected chi connectivity index (χ4v) is 6.31. The number of amides is 2. The van der Waals surface area contributed by atoms with E-state index in [0.29, 0.717) is 28.7 Å². The van der Waals surface area contributed by atoms with Crippen molar-refractivity contribution in [1.82, 2.24) is 15.6 Å². The first-order valence-electron chi connectivity index (χ1n) is 12.8. The van der Waals surface area contributed by atoms with Crippen LogP contribution in [0.25, 0.3) is 0 Å². The van der Waals surface area contributed by atoms with Crippen LogP contribution in [0.5, 0.6) is 0 Å². The molecule has 192 valence electrons. The minimum atomic E-state index is -0.567. The maximum Gasteiger partial charge on any atom is 0.262 e. The molecular weight excluding hydrogens is 494 g/mol. The second-order valence-corrected chi connectivity index (χ2v) is 11.7. The lowest BCUT2D eigenvalue weighted by atomic mass is 9.97. The number of halogens is 1. The zero-order valence-electron chi connectivity index (χ0n) is 20.9. The minimum Gasteiger partial charge on any atom is -0.376 e. The molecule has 0 spiro atoms. The molecule has 2 unspecified atom stereocenters. The van der Waals surface area contributed by atoms with Gasteiger partial charge in [0.25, 0.3) is 5.91 Å². The largest absolute Gasteiger partial charge is 0.376 e. The molecular formula is C27H34ClN5O2S. The van der Waals surface area contributed by atoms with Crippen LogP contribution in [-0.2, 0) is 4.79 Å². The molecule has 4 rings (SSSR count). The molecule has 7 nitrogen and oxygen atoms in total. The number of carbonyl (C=O) groups is 2. The Bertz CT molecular complexity index is 1120. The molecule has 2 amide bonds. The Hall–Kier alpha value is -2.63. The summed E-state index contributed by atoms with van der Waals surface area (Å²) in [5.41, 5.74) is 1.71. The van der Waals surface area contributed by atoms with Crippen LogP contribution in [0.15, 0.2) is 24.4 Å². The van der Waals surface area contributed by atoms with Gasteiger partial charge in [-0.1, -0.05) is 37.3 Å². The number of nitriles is 1. The topological polar surface area (TPSA) is 107 Å². The number of nitrogens with zero attached hydrogens (tertiary/aromatic N) is 2. The van der Waals surface area contributed by atoms with Gasteiger partial charge in [-0.25, -0.2) is 0 Å². The normalized spacial score (nSPS) is 21.5. The molecule has 3 N–H and O–H groups in total. The van der Waals surface area contributed by atoms with Crippen LogP contribution in [0.4, 0.5) is 5.69 Å². The van der Waals surface area contributed by atoms with Crippen LogP contribution < -0.4 is 16.0 Å². The molecule has 2 heterocycles. The predicted molar refractivity (Wildman–Crippen MR) is 143 cm³/mol. The first-order valence-corrected chi connectivity index (χ1v) is 14.0. The third-order valence-electron chi connectivity index (χ3n) is 7.33. The number of carbonyl (C=O) groups excluding carboxylic acids is 2. The van der Waals surface area contributed by atoms with Crippen molar-refractivity contribution in [2.45, 2.75) is 83.3 Å². The molecule has 2 aromatic rings. The molecule has 2 saturated carbocycles. The third kappa shape index (κ3) is 6.77. The van der Waals surface area contributed by atoms with Crippen molar-refractivity contribution in [3.8, 4) is 6.07 Å². The summed E-state index contributed by atoms with van der Waals surface area (Å²) in [6, 6.07) is 7.31. The van der Waals surface area contributed by atoms with Gasteiger partial charge in [0, 0.05) is 23.0 Å². The lowest BCUT2D eigenvalue weighted by Gasteiger charge is -2.23. The van der Waals surface area contributed by atoms with Crippen molar-refractivity contribution >= 4 is 40.4 Å². The highest BCUT2D eigenvalue weighted by Gasteiger charge is 2.31. The van der Waals surface area contributed by atoms with E-state index in [2.05, 4.69) is 27.0 Å². The first kappa shape index (κ1) is 26.4. The molecule has 0 radical (unpaired) electrons. The SMILES string of the molecule is Cc1ncc(Cl)cc1N[C@@H](C)c1ccc(C(=O)N[C@@H](CC2CCCC2)C(=O)NC2CCC(C#N)C2)s1. The standard InChI is InChI=1S/C27H34ClN5O2S/c1-16-22(13-20(28)15-30-16)31-17(2)24-9-10-25(36-24)27(35)33-23(12-18-5-3-4-6-18)26(34)32-21-8-7-19(11-21)14-29/h9-10,13,15,17-19,21,23,31H,3-8,11-12H2,1-2H3,(H,32,34)(H,33,35)/t17-,19?,21?,23-/m0/s1. The van der Waals surface area contributed by atoms with Crippen LogP contribution in [0.2, 0.25) is 5.02 Å². The number of hydrogen-bond acceptors (Lipinski definition) is 6. The quantitative estimate of drug-likeness (QED) is 0.384. The molecule has 2 fully saturated rings. The van der Waals surface area contributed by atoms with E-state index in [1.165, 1.54) is 24.2 Å². The smallest absolute Gasteiger partial charge is 0.262 e. The molecule has 0 saturated heterocycles. The molecule has 36 heavy (non-hydrogen) atoms. The lowest BCUT2D eigenvalue weighted by Crippen LogP contribution is -2.49. The monoisotopic (exact) mass is 527 g/mol. The van der Waals surface area contributed by atoms with Gasteiger partial charge in [0.2, 0.25) is 5.91 Å². The third-order valence-corrected chi connectivity index (χ3v) is 8.80. The maximum atomic E-state index is 13.2. The van der Waals surface area contributed by atoms with Gasteiger partial charge in [-0.2, -0.15) is 5.26 Å². The van der Waals surface area contributed by atoms with Gasteiger partial charge in [0.1, 0.15) is 6.04 Å². The van der Waals surface area contributed by atoms with Crippen LogP contribution in [0, 0.1) is 30.1 Å². The summed E-state index contributed by atoms with van der Waals surface area (Å²) in [5.74, 6) is 0.104. The Morgan fingerprint density at radius 2 is 2.03 bits per heavy atom. The van der Waals surface area contributed by atoms with Crippen LogP contribution in [0.3, 0.4) is 0 Å². The summed E-state index contributed by atoms with van der Waals surface area (Å²) < 4.78 is 0. The number of nitrogens with one attached hydrogen (secondary N) is 3. The van der Waals surface area contributed by atoms with E-state index in [1.54, 1.807) is 6.20 Å². The zero-order chi connectivity index (χ0) is 25.7. The fraction of sp³-hybridized carbons (Fsp3) is 0.556. The second-order valence-electron chi connectivity index (χ2n) is 10.1. The number of hydrogen-bond donors (Lipinski definition) is 3. The molecule has 0 aliphatic heterocycles.